The fourth-order valence-corrected chi connectivity index (χ4v) is 4.69. The van der Waals surface area contributed by atoms with Crippen LogP contribution in [0.2, 0.25) is 0 Å². The predicted molar refractivity (Wildman–Crippen MR) is 141 cm³/mol. The van der Waals surface area contributed by atoms with E-state index in [1.54, 1.807) is 6.08 Å². The number of rotatable bonds is 5. The molecule has 0 radical (unpaired) electrons. The summed E-state index contributed by atoms with van der Waals surface area (Å²) in [6.07, 6.45) is 2.57. The molecule has 2 heterocycles. The quantitative estimate of drug-likeness (QED) is 0.299. The Morgan fingerprint density at radius 1 is 1.03 bits per heavy atom. The highest BCUT2D eigenvalue weighted by Crippen LogP contribution is 2.30. The third-order valence-electron chi connectivity index (χ3n) is 6.27. The first kappa shape index (κ1) is 23.6. The number of carbonyl (C=O) groups excluding carboxylic acids is 2. The largest absolute Gasteiger partial charge is 0.318 e. The topological polar surface area (TPSA) is 54.3 Å². The second kappa shape index (κ2) is 9.39. The molecule has 34 heavy (non-hydrogen) atoms. The average molecular weight is 472 g/mol. The van der Waals surface area contributed by atoms with Crippen LogP contribution >= 0.6 is 12.2 Å². The summed E-state index contributed by atoms with van der Waals surface area (Å²) in [4.78, 5) is 27.6. The molecular formula is C28H29N3O2S. The molecule has 5 nitrogen and oxygen atoms in total. The van der Waals surface area contributed by atoms with Crippen molar-refractivity contribution in [2.45, 2.75) is 47.0 Å². The first-order valence-electron chi connectivity index (χ1n) is 11.5. The van der Waals surface area contributed by atoms with Crippen molar-refractivity contribution in [3.05, 3.63) is 88.2 Å². The zero-order valence-corrected chi connectivity index (χ0v) is 21.0. The molecule has 1 fully saturated rings. The number of thiocarbonyl (C=S) groups is 1. The standard InChI is InChI=1S/C28H29N3O2S/c1-6-20-11-13-22(14-12-20)31-27(33)24(26(32)29-28(31)34)16-21-15-18(4)30(19(21)5)25-10-8-7-9-23(25)17(2)3/h7-17H,6H2,1-5H3,(H,29,32,34)/b24-16+. The zero-order valence-electron chi connectivity index (χ0n) is 20.2. The van der Waals surface area contributed by atoms with Crippen LogP contribution < -0.4 is 10.2 Å². The van der Waals surface area contributed by atoms with Gasteiger partial charge in [-0.3, -0.25) is 19.8 Å². The van der Waals surface area contributed by atoms with Gasteiger partial charge in [-0.05, 0) is 85.4 Å². The molecule has 1 aliphatic heterocycles. The van der Waals surface area contributed by atoms with Crippen molar-refractivity contribution in [2.24, 2.45) is 0 Å². The van der Waals surface area contributed by atoms with E-state index in [2.05, 4.69) is 42.8 Å². The molecule has 0 saturated carbocycles. The van der Waals surface area contributed by atoms with Gasteiger partial charge in [0, 0.05) is 17.1 Å². The smallest absolute Gasteiger partial charge is 0.270 e. The highest BCUT2D eigenvalue weighted by molar-refractivity contribution is 7.80. The molecule has 3 aromatic rings. The molecule has 0 unspecified atom stereocenters. The molecule has 2 amide bonds. The third-order valence-corrected chi connectivity index (χ3v) is 6.56. The summed E-state index contributed by atoms with van der Waals surface area (Å²) in [5, 5.41) is 2.77. The van der Waals surface area contributed by atoms with Gasteiger partial charge in [0.1, 0.15) is 5.57 Å². The van der Waals surface area contributed by atoms with Crippen molar-refractivity contribution >= 4 is 40.9 Å². The highest BCUT2D eigenvalue weighted by atomic mass is 32.1. The van der Waals surface area contributed by atoms with E-state index in [0.717, 1.165) is 34.6 Å². The third kappa shape index (κ3) is 4.21. The van der Waals surface area contributed by atoms with E-state index < -0.39 is 11.8 Å². The number of anilines is 1. The number of aromatic nitrogens is 1. The monoisotopic (exact) mass is 471 g/mol. The van der Waals surface area contributed by atoms with Gasteiger partial charge in [-0.2, -0.15) is 0 Å². The average Bonchev–Trinajstić information content (AvgIpc) is 3.09. The van der Waals surface area contributed by atoms with Crippen LogP contribution in [-0.4, -0.2) is 21.5 Å². The number of amides is 2. The number of carbonyl (C=O) groups is 2. The predicted octanol–water partition coefficient (Wildman–Crippen LogP) is 5.61. The van der Waals surface area contributed by atoms with Gasteiger partial charge in [0.05, 0.1) is 5.69 Å². The van der Waals surface area contributed by atoms with E-state index in [1.807, 2.05) is 56.3 Å². The first-order valence-corrected chi connectivity index (χ1v) is 11.9. The van der Waals surface area contributed by atoms with E-state index in [0.29, 0.717) is 11.6 Å². The molecule has 0 aliphatic carbocycles. The van der Waals surface area contributed by atoms with Crippen LogP contribution in [0.25, 0.3) is 11.8 Å². The lowest BCUT2D eigenvalue weighted by Crippen LogP contribution is -2.54. The van der Waals surface area contributed by atoms with Gasteiger partial charge in [0.2, 0.25) is 0 Å². The van der Waals surface area contributed by atoms with E-state index in [-0.39, 0.29) is 10.7 Å². The fourth-order valence-electron chi connectivity index (χ4n) is 4.41. The molecule has 2 aromatic carbocycles. The Labute approximate surface area is 206 Å². The summed E-state index contributed by atoms with van der Waals surface area (Å²) in [6, 6.07) is 18.0. The van der Waals surface area contributed by atoms with Crippen LogP contribution in [0.3, 0.4) is 0 Å². The minimum Gasteiger partial charge on any atom is -0.318 e. The molecule has 0 bridgehead atoms. The Morgan fingerprint density at radius 3 is 2.35 bits per heavy atom. The van der Waals surface area contributed by atoms with Gasteiger partial charge >= 0.3 is 0 Å². The number of hydrogen-bond acceptors (Lipinski definition) is 3. The maximum Gasteiger partial charge on any atom is 0.270 e. The number of benzene rings is 2. The Bertz CT molecular complexity index is 1320. The molecule has 1 aromatic heterocycles. The van der Waals surface area contributed by atoms with E-state index in [4.69, 9.17) is 12.2 Å². The van der Waals surface area contributed by atoms with Gasteiger partial charge in [0.25, 0.3) is 11.8 Å². The summed E-state index contributed by atoms with van der Waals surface area (Å²) >= 11 is 5.34. The molecule has 1 N–H and O–H groups in total. The maximum atomic E-state index is 13.4. The normalized spacial score (nSPS) is 15.4. The summed E-state index contributed by atoms with van der Waals surface area (Å²) in [7, 11) is 0. The van der Waals surface area contributed by atoms with Crippen molar-refractivity contribution in [3.8, 4) is 5.69 Å². The van der Waals surface area contributed by atoms with Gasteiger partial charge in [0.15, 0.2) is 5.11 Å². The van der Waals surface area contributed by atoms with Crippen molar-refractivity contribution in [3.63, 3.8) is 0 Å². The van der Waals surface area contributed by atoms with Crippen LogP contribution in [0.1, 0.15) is 54.8 Å². The van der Waals surface area contributed by atoms with Crippen LogP contribution in [0.15, 0.2) is 60.2 Å². The van der Waals surface area contributed by atoms with Gasteiger partial charge < -0.3 is 4.57 Å². The second-order valence-corrected chi connectivity index (χ2v) is 9.24. The minimum absolute atomic E-state index is 0.0607. The number of hydrogen-bond donors (Lipinski definition) is 1. The Morgan fingerprint density at radius 2 is 1.71 bits per heavy atom. The summed E-state index contributed by atoms with van der Waals surface area (Å²) in [5.41, 5.74) is 7.02. The van der Waals surface area contributed by atoms with Crippen LogP contribution in [0.5, 0.6) is 0 Å². The van der Waals surface area contributed by atoms with Crippen molar-refractivity contribution in [1.82, 2.24) is 9.88 Å². The van der Waals surface area contributed by atoms with E-state index >= 15 is 0 Å². The lowest BCUT2D eigenvalue weighted by molar-refractivity contribution is -0.122. The highest BCUT2D eigenvalue weighted by Gasteiger charge is 2.34. The van der Waals surface area contributed by atoms with Gasteiger partial charge in [-0.15, -0.1) is 0 Å². The molecule has 1 aliphatic rings. The summed E-state index contributed by atoms with van der Waals surface area (Å²) < 4.78 is 2.18. The summed E-state index contributed by atoms with van der Waals surface area (Å²) in [6.45, 7) is 10.5. The summed E-state index contributed by atoms with van der Waals surface area (Å²) in [5.74, 6) is -0.548. The van der Waals surface area contributed by atoms with Gasteiger partial charge in [-0.1, -0.05) is 51.1 Å². The van der Waals surface area contributed by atoms with E-state index in [9.17, 15) is 9.59 Å². The lowest BCUT2D eigenvalue weighted by atomic mass is 10.0. The van der Waals surface area contributed by atoms with Crippen LogP contribution in [0.4, 0.5) is 5.69 Å². The molecule has 0 atom stereocenters. The van der Waals surface area contributed by atoms with Crippen molar-refractivity contribution in [1.29, 1.82) is 0 Å². The Hall–Kier alpha value is -3.51. The maximum absolute atomic E-state index is 13.4. The first-order chi connectivity index (χ1) is 16.2. The minimum atomic E-state index is -0.483. The molecule has 6 heteroatoms. The molecule has 1 saturated heterocycles. The Kier molecular flexibility index (Phi) is 6.53. The molecule has 0 spiro atoms. The number of nitrogens with one attached hydrogen (secondary N) is 1. The molecule has 4 rings (SSSR count). The number of aryl methyl sites for hydroxylation is 2. The second-order valence-electron chi connectivity index (χ2n) is 8.85. The Balaban J connectivity index is 1.76. The van der Waals surface area contributed by atoms with Crippen molar-refractivity contribution < 1.29 is 9.59 Å². The SMILES string of the molecule is CCc1ccc(N2C(=O)/C(=C/c3cc(C)n(-c4ccccc4C(C)C)c3C)C(=O)NC2=S)cc1. The lowest BCUT2D eigenvalue weighted by Gasteiger charge is -2.29. The zero-order chi connectivity index (χ0) is 24.6. The molecular weight excluding hydrogens is 442 g/mol. The fraction of sp³-hybridized carbons (Fsp3) is 0.250. The van der Waals surface area contributed by atoms with Crippen LogP contribution in [-0.2, 0) is 16.0 Å². The van der Waals surface area contributed by atoms with Crippen LogP contribution in [0, 0.1) is 13.8 Å². The number of nitrogens with zero attached hydrogens (tertiary/aromatic N) is 2. The van der Waals surface area contributed by atoms with Gasteiger partial charge in [-0.25, -0.2) is 0 Å². The number of para-hydroxylation sites is 1. The van der Waals surface area contributed by atoms with E-state index in [1.165, 1.54) is 10.5 Å². The van der Waals surface area contributed by atoms with Crippen molar-refractivity contribution in [2.75, 3.05) is 4.90 Å². The molecule has 174 valence electrons.